The highest BCUT2D eigenvalue weighted by atomic mass is 35.5. The first-order valence-corrected chi connectivity index (χ1v) is 9.91. The highest BCUT2D eigenvalue weighted by Gasteiger charge is 2.31. The molecule has 0 radical (unpaired) electrons. The van der Waals surface area contributed by atoms with Crippen LogP contribution in [0.15, 0.2) is 54.7 Å². The Labute approximate surface area is 173 Å². The molecule has 0 spiro atoms. The van der Waals surface area contributed by atoms with Crippen LogP contribution in [-0.2, 0) is 6.42 Å². The molecule has 1 aliphatic rings. The number of carbonyl (C=O) groups is 1. The molecular weight excluding hydrogens is 384 g/mol. The maximum Gasteiger partial charge on any atom is 0.167 e. The zero-order valence-electron chi connectivity index (χ0n) is 15.9. The molecule has 4 aromatic rings. The summed E-state index contributed by atoms with van der Waals surface area (Å²) in [6.07, 6.45) is 2.80. The van der Waals surface area contributed by atoms with Crippen molar-refractivity contribution in [2.24, 2.45) is 0 Å². The van der Waals surface area contributed by atoms with Gasteiger partial charge in [-0.05, 0) is 54.7 Å². The first-order valence-electron chi connectivity index (χ1n) is 9.53. The Morgan fingerprint density at radius 2 is 1.86 bits per heavy atom. The van der Waals surface area contributed by atoms with E-state index in [1.807, 2.05) is 36.4 Å². The molecule has 1 unspecified atom stereocenters. The van der Waals surface area contributed by atoms with Crippen molar-refractivity contribution in [2.75, 3.05) is 5.73 Å². The number of ketones is 1. The molecule has 2 aromatic carbocycles. The molecule has 5 rings (SSSR count). The third kappa shape index (κ3) is 2.89. The summed E-state index contributed by atoms with van der Waals surface area (Å²) >= 11 is 6.01. The summed E-state index contributed by atoms with van der Waals surface area (Å²) in [5.74, 6) is 0.151. The van der Waals surface area contributed by atoms with Gasteiger partial charge in [0.2, 0.25) is 0 Å². The summed E-state index contributed by atoms with van der Waals surface area (Å²) in [6.45, 7) is 2.08. The zero-order valence-corrected chi connectivity index (χ0v) is 16.6. The van der Waals surface area contributed by atoms with E-state index in [4.69, 9.17) is 22.3 Å². The van der Waals surface area contributed by atoms with Gasteiger partial charge in [-0.25, -0.2) is 9.67 Å². The van der Waals surface area contributed by atoms with Crippen LogP contribution in [-0.4, -0.2) is 20.5 Å². The van der Waals surface area contributed by atoms with Crippen LogP contribution in [0, 0.1) is 6.92 Å². The summed E-state index contributed by atoms with van der Waals surface area (Å²) < 4.78 is 1.74. The normalized spacial score (nSPS) is 16.2. The van der Waals surface area contributed by atoms with E-state index in [0.29, 0.717) is 40.1 Å². The molecule has 2 aromatic heterocycles. The summed E-state index contributed by atoms with van der Waals surface area (Å²) in [5, 5.41) is 5.81. The number of aryl methyl sites for hydroxylation is 1. The quantitative estimate of drug-likeness (QED) is 0.518. The number of nitrogen functional groups attached to an aromatic ring is 1. The van der Waals surface area contributed by atoms with Crippen LogP contribution in [0.25, 0.3) is 16.7 Å². The Hall–Kier alpha value is -3.18. The van der Waals surface area contributed by atoms with Gasteiger partial charge in [0.05, 0.1) is 34.2 Å². The van der Waals surface area contributed by atoms with Crippen molar-refractivity contribution in [1.29, 1.82) is 0 Å². The van der Waals surface area contributed by atoms with Crippen molar-refractivity contribution in [3.63, 3.8) is 0 Å². The van der Waals surface area contributed by atoms with Crippen LogP contribution in [0.1, 0.15) is 39.5 Å². The fraction of sp³-hybridized carbons (Fsp3) is 0.174. The Morgan fingerprint density at radius 1 is 1.10 bits per heavy atom. The van der Waals surface area contributed by atoms with Gasteiger partial charge in [0, 0.05) is 11.4 Å². The molecule has 0 fully saturated rings. The van der Waals surface area contributed by atoms with Gasteiger partial charge in [0.1, 0.15) is 0 Å². The molecular formula is C23H19ClN4O. The number of Topliss-reactive ketones (excluding diaryl/α,β-unsaturated/α-hetero) is 1. The van der Waals surface area contributed by atoms with E-state index in [1.54, 1.807) is 10.9 Å². The van der Waals surface area contributed by atoms with Crippen molar-refractivity contribution in [3.8, 4) is 5.69 Å². The van der Waals surface area contributed by atoms with E-state index in [0.717, 1.165) is 11.4 Å². The second-order valence-electron chi connectivity index (χ2n) is 7.50. The number of nitrogens with two attached hydrogens (primary N) is 1. The Kier molecular flexibility index (Phi) is 4.14. The van der Waals surface area contributed by atoms with Crippen molar-refractivity contribution < 1.29 is 4.79 Å². The summed E-state index contributed by atoms with van der Waals surface area (Å²) in [6, 6.07) is 15.6. The number of pyridine rings is 1. The van der Waals surface area contributed by atoms with Gasteiger partial charge < -0.3 is 5.73 Å². The lowest BCUT2D eigenvalue weighted by Crippen LogP contribution is -2.22. The topological polar surface area (TPSA) is 73.8 Å². The molecule has 0 saturated carbocycles. The van der Waals surface area contributed by atoms with Gasteiger partial charge in [0.25, 0.3) is 0 Å². The minimum absolute atomic E-state index is 0.0469. The molecule has 1 aliphatic carbocycles. The molecule has 0 saturated heterocycles. The lowest BCUT2D eigenvalue weighted by atomic mass is 9.79. The van der Waals surface area contributed by atoms with E-state index in [2.05, 4.69) is 24.2 Å². The second-order valence-corrected chi connectivity index (χ2v) is 7.94. The van der Waals surface area contributed by atoms with Crippen molar-refractivity contribution in [3.05, 3.63) is 82.1 Å². The molecule has 29 heavy (non-hydrogen) atoms. The average molecular weight is 403 g/mol. The second kappa shape index (κ2) is 6.71. The van der Waals surface area contributed by atoms with Crippen LogP contribution in [0.4, 0.5) is 5.69 Å². The standard InChI is InChI=1S/C23H19ClN4O/c1-13-4-2-3-5-17(13)14-10-19-21(20(29)11-14)22(25)18-12-26-28(23(18)27-19)16-8-6-15(24)7-9-16/h2-9,12,14H,10-11H2,1H3,(H2,25,27). The van der Waals surface area contributed by atoms with Gasteiger partial charge in [-0.2, -0.15) is 5.10 Å². The van der Waals surface area contributed by atoms with Crippen LogP contribution in [0.2, 0.25) is 5.02 Å². The van der Waals surface area contributed by atoms with E-state index in [-0.39, 0.29) is 11.7 Å². The van der Waals surface area contributed by atoms with E-state index in [1.165, 1.54) is 11.1 Å². The van der Waals surface area contributed by atoms with Crippen LogP contribution < -0.4 is 5.73 Å². The number of aromatic nitrogens is 3. The van der Waals surface area contributed by atoms with Crippen molar-refractivity contribution in [2.45, 2.75) is 25.7 Å². The first kappa shape index (κ1) is 17.9. The van der Waals surface area contributed by atoms with E-state index in [9.17, 15) is 4.79 Å². The molecule has 0 amide bonds. The van der Waals surface area contributed by atoms with E-state index >= 15 is 0 Å². The van der Waals surface area contributed by atoms with E-state index < -0.39 is 0 Å². The SMILES string of the molecule is Cc1ccccc1C1CC(=O)c2c(nc3c(cnn3-c3ccc(Cl)cc3)c2N)C1. The average Bonchev–Trinajstić information content (AvgIpc) is 3.13. The predicted octanol–water partition coefficient (Wildman–Crippen LogP) is 4.88. The molecule has 5 nitrogen and oxygen atoms in total. The van der Waals surface area contributed by atoms with Crippen LogP contribution in [0.3, 0.4) is 0 Å². The maximum absolute atomic E-state index is 13.0. The van der Waals surface area contributed by atoms with Crippen LogP contribution in [0.5, 0.6) is 0 Å². The van der Waals surface area contributed by atoms with Gasteiger partial charge in [0.15, 0.2) is 11.4 Å². The smallest absolute Gasteiger partial charge is 0.167 e. The molecule has 2 N–H and O–H groups in total. The van der Waals surface area contributed by atoms with Gasteiger partial charge in [-0.1, -0.05) is 35.9 Å². The number of fused-ring (bicyclic) bond motifs is 2. The molecule has 0 bridgehead atoms. The summed E-state index contributed by atoms with van der Waals surface area (Å²) in [5.41, 5.74) is 12.1. The zero-order chi connectivity index (χ0) is 20.1. The molecule has 1 atom stereocenters. The summed E-state index contributed by atoms with van der Waals surface area (Å²) in [4.78, 5) is 17.9. The number of benzene rings is 2. The number of hydrogen-bond donors (Lipinski definition) is 1. The van der Waals surface area contributed by atoms with Crippen molar-refractivity contribution >= 4 is 34.1 Å². The molecule has 6 heteroatoms. The number of nitrogens with zero attached hydrogens (tertiary/aromatic N) is 3. The Balaban J connectivity index is 1.65. The molecule has 2 heterocycles. The first-order chi connectivity index (χ1) is 14.0. The highest BCUT2D eigenvalue weighted by Crippen LogP contribution is 2.38. The summed E-state index contributed by atoms with van der Waals surface area (Å²) in [7, 11) is 0. The number of anilines is 1. The third-order valence-corrected chi connectivity index (χ3v) is 5.93. The number of hydrogen-bond acceptors (Lipinski definition) is 4. The van der Waals surface area contributed by atoms with Crippen molar-refractivity contribution in [1.82, 2.24) is 14.8 Å². The minimum atomic E-state index is 0.0469. The van der Waals surface area contributed by atoms with Gasteiger partial charge >= 0.3 is 0 Å². The number of carbonyl (C=O) groups excluding carboxylic acids is 1. The lowest BCUT2D eigenvalue weighted by molar-refractivity contribution is 0.0964. The maximum atomic E-state index is 13.0. The monoisotopic (exact) mass is 402 g/mol. The number of rotatable bonds is 2. The Morgan fingerprint density at radius 3 is 2.62 bits per heavy atom. The minimum Gasteiger partial charge on any atom is -0.397 e. The van der Waals surface area contributed by atoms with Gasteiger partial charge in [-0.3, -0.25) is 4.79 Å². The fourth-order valence-electron chi connectivity index (χ4n) is 4.24. The Bertz CT molecular complexity index is 1260. The molecule has 0 aliphatic heterocycles. The van der Waals surface area contributed by atoms with Gasteiger partial charge in [-0.15, -0.1) is 0 Å². The predicted molar refractivity (Wildman–Crippen MR) is 115 cm³/mol. The molecule has 144 valence electrons. The third-order valence-electron chi connectivity index (χ3n) is 5.68. The lowest BCUT2D eigenvalue weighted by Gasteiger charge is -2.25. The van der Waals surface area contributed by atoms with Crippen LogP contribution >= 0.6 is 11.6 Å². The number of halogens is 1. The fourth-order valence-corrected chi connectivity index (χ4v) is 4.37. The largest absolute Gasteiger partial charge is 0.397 e. The highest BCUT2D eigenvalue weighted by molar-refractivity contribution is 6.30.